The molecular weight excluding hydrogens is 323 g/mol. The molecule has 2 rings (SSSR count). The molecule has 0 aliphatic rings. The first kappa shape index (κ1) is 18.6. The van der Waals surface area contributed by atoms with Crippen molar-refractivity contribution in [1.82, 2.24) is 0 Å². The molecule has 0 saturated carbocycles. The number of phenols is 1. The summed E-state index contributed by atoms with van der Waals surface area (Å²) in [5.74, 6) is 1.23. The largest absolute Gasteiger partial charge is 0.504 e. The summed E-state index contributed by atoms with van der Waals surface area (Å²) in [4.78, 5) is 0. The lowest BCUT2D eigenvalue weighted by molar-refractivity contribution is 0.200. The normalized spacial score (nSPS) is 13.9. The van der Waals surface area contributed by atoms with Crippen LogP contribution in [0, 0.1) is 0 Å². The van der Waals surface area contributed by atoms with E-state index in [1.807, 2.05) is 30.3 Å². The van der Waals surface area contributed by atoms with E-state index in [4.69, 9.17) is 9.47 Å². The van der Waals surface area contributed by atoms with Gasteiger partial charge in [0.1, 0.15) is 5.75 Å². The molecule has 130 valence electrons. The van der Waals surface area contributed by atoms with E-state index in [-0.39, 0.29) is 11.4 Å². The lowest BCUT2D eigenvalue weighted by Gasteiger charge is -2.21. The summed E-state index contributed by atoms with van der Waals surface area (Å²) in [5, 5.41) is 21.6. The first-order valence-corrected chi connectivity index (χ1v) is 9.07. The summed E-state index contributed by atoms with van der Waals surface area (Å²) in [5.41, 5.74) is 1.87. The van der Waals surface area contributed by atoms with Gasteiger partial charge in [-0.1, -0.05) is 39.8 Å². The highest BCUT2D eigenvalue weighted by Gasteiger charge is 2.21. The van der Waals surface area contributed by atoms with Crippen molar-refractivity contribution in [2.24, 2.45) is 0 Å². The zero-order valence-electron chi connectivity index (χ0n) is 14.5. The highest BCUT2D eigenvalue weighted by atomic mass is 31.1. The molecule has 0 spiro atoms. The second kappa shape index (κ2) is 8.36. The smallest absolute Gasteiger partial charge is 0.164 e. The van der Waals surface area contributed by atoms with Crippen molar-refractivity contribution in [3.63, 3.8) is 0 Å². The fraction of sp³-hybridized carbons (Fsp3) is 0.368. The molecule has 0 bridgehead atoms. The molecule has 0 aliphatic heterocycles. The average Bonchev–Trinajstić information content (AvgIpc) is 2.60. The van der Waals surface area contributed by atoms with Crippen LogP contribution in [-0.2, 0) is 0 Å². The Balaban J connectivity index is 2.43. The fourth-order valence-corrected chi connectivity index (χ4v) is 4.33. The van der Waals surface area contributed by atoms with Crippen LogP contribution in [0.3, 0.4) is 0 Å². The van der Waals surface area contributed by atoms with E-state index in [1.165, 1.54) is 7.11 Å². The van der Waals surface area contributed by atoms with Crippen molar-refractivity contribution in [2.75, 3.05) is 14.2 Å². The molecule has 24 heavy (non-hydrogen) atoms. The van der Waals surface area contributed by atoms with E-state index in [1.54, 1.807) is 20.1 Å². The van der Waals surface area contributed by atoms with Gasteiger partial charge in [-0.15, -0.1) is 0 Å². The third-order valence-corrected chi connectivity index (χ3v) is 5.89. The molecule has 2 aromatic carbocycles. The molecule has 0 fully saturated rings. The molecule has 3 atom stereocenters. The molecule has 0 aliphatic carbocycles. The van der Waals surface area contributed by atoms with Gasteiger partial charge in [0, 0.05) is 17.3 Å². The number of benzene rings is 2. The zero-order valence-corrected chi connectivity index (χ0v) is 15.5. The van der Waals surface area contributed by atoms with E-state index < -0.39 is 6.10 Å². The minimum atomic E-state index is -0.514. The molecule has 0 aromatic heterocycles. The number of aliphatic hydroxyl groups is 1. The predicted molar refractivity (Wildman–Crippen MR) is 99.3 cm³/mol. The number of hydrogen-bond acceptors (Lipinski definition) is 4. The van der Waals surface area contributed by atoms with Crippen LogP contribution in [0.25, 0.3) is 0 Å². The van der Waals surface area contributed by atoms with Gasteiger partial charge < -0.3 is 19.7 Å². The van der Waals surface area contributed by atoms with Gasteiger partial charge in [-0.05, 0) is 30.3 Å². The Morgan fingerprint density at radius 2 is 1.79 bits per heavy atom. The Kier molecular flexibility index (Phi) is 6.47. The number of methoxy groups -OCH3 is 2. The van der Waals surface area contributed by atoms with Gasteiger partial charge in [-0.2, -0.15) is 0 Å². The highest BCUT2D eigenvalue weighted by Crippen LogP contribution is 2.46. The Labute approximate surface area is 145 Å². The number of rotatable bonds is 7. The molecule has 4 nitrogen and oxygen atoms in total. The molecule has 2 aromatic rings. The first-order chi connectivity index (χ1) is 11.5. The van der Waals surface area contributed by atoms with Crippen LogP contribution in [0.1, 0.15) is 43.2 Å². The van der Waals surface area contributed by atoms with Crippen LogP contribution < -0.4 is 14.8 Å². The maximum absolute atomic E-state index is 10.5. The van der Waals surface area contributed by atoms with Crippen LogP contribution in [0.15, 0.2) is 36.4 Å². The first-order valence-electron chi connectivity index (χ1n) is 8.00. The van der Waals surface area contributed by atoms with Gasteiger partial charge in [-0.3, -0.25) is 0 Å². The van der Waals surface area contributed by atoms with Crippen molar-refractivity contribution in [1.29, 1.82) is 0 Å². The van der Waals surface area contributed by atoms with Crippen molar-refractivity contribution < 1.29 is 19.7 Å². The number of phenolic OH excluding ortho intramolecular Hbond substituents is 1. The van der Waals surface area contributed by atoms with Crippen LogP contribution in [0.2, 0.25) is 0 Å². The Morgan fingerprint density at radius 3 is 2.38 bits per heavy atom. The van der Waals surface area contributed by atoms with Crippen LogP contribution in [-0.4, -0.2) is 24.4 Å². The summed E-state index contributed by atoms with van der Waals surface area (Å²) in [7, 11) is 3.56. The van der Waals surface area contributed by atoms with Crippen LogP contribution in [0.5, 0.6) is 17.2 Å². The predicted octanol–water partition coefficient (Wildman–Crippen LogP) is 3.92. The summed E-state index contributed by atoms with van der Waals surface area (Å²) >= 11 is 0. The lowest BCUT2D eigenvalue weighted by Crippen LogP contribution is -2.09. The minimum absolute atomic E-state index is 0.119. The van der Waals surface area contributed by atoms with Crippen molar-refractivity contribution in [2.45, 2.75) is 32.0 Å². The van der Waals surface area contributed by atoms with Gasteiger partial charge in [-0.25, -0.2) is 0 Å². The third kappa shape index (κ3) is 4.00. The molecular formula is C19H25O4P. The monoisotopic (exact) mass is 348 g/mol. The quantitative estimate of drug-likeness (QED) is 0.745. The Morgan fingerprint density at radius 1 is 1.08 bits per heavy atom. The summed E-state index contributed by atoms with van der Waals surface area (Å²) in [6.45, 7) is 3.87. The van der Waals surface area contributed by atoms with Crippen molar-refractivity contribution in [3.8, 4) is 17.2 Å². The molecule has 0 heterocycles. The second-order valence-corrected chi connectivity index (χ2v) is 7.16. The Bertz CT molecular complexity index is 685. The Hall–Kier alpha value is -1.77. The summed E-state index contributed by atoms with van der Waals surface area (Å²) < 4.78 is 10.6. The minimum Gasteiger partial charge on any atom is -0.504 e. The van der Waals surface area contributed by atoms with Gasteiger partial charge >= 0.3 is 0 Å². The van der Waals surface area contributed by atoms with Crippen molar-refractivity contribution >= 4 is 13.9 Å². The van der Waals surface area contributed by atoms with E-state index in [0.29, 0.717) is 20.1 Å². The number of ether oxygens (including phenoxy) is 2. The second-order valence-electron chi connectivity index (χ2n) is 5.64. The highest BCUT2D eigenvalue weighted by molar-refractivity contribution is 7.47. The molecule has 3 unspecified atom stereocenters. The number of aromatic hydroxyl groups is 1. The van der Waals surface area contributed by atoms with E-state index in [0.717, 1.165) is 22.9 Å². The van der Waals surface area contributed by atoms with Crippen LogP contribution >= 0.6 is 8.58 Å². The standard InChI is InChI=1S/C19H25O4P/c1-5-17(24-18-9-7-6-8-14(18)12(2)20)15-10-13(22-3)11-16(23-4)19(15)21/h6-12,17,20-21,24H,5H2,1-4H3. The maximum atomic E-state index is 10.5. The molecule has 2 N–H and O–H groups in total. The summed E-state index contributed by atoms with van der Waals surface area (Å²) in [6.07, 6.45) is 0.343. The van der Waals surface area contributed by atoms with Crippen LogP contribution in [0.4, 0.5) is 0 Å². The van der Waals surface area contributed by atoms with Crippen molar-refractivity contribution in [3.05, 3.63) is 47.5 Å². The third-order valence-electron chi connectivity index (χ3n) is 4.06. The zero-order chi connectivity index (χ0) is 17.7. The number of hydrogen-bond donors (Lipinski definition) is 2. The van der Waals surface area contributed by atoms with E-state index >= 15 is 0 Å². The average molecular weight is 348 g/mol. The fourth-order valence-electron chi connectivity index (χ4n) is 2.72. The van der Waals surface area contributed by atoms with Gasteiger partial charge in [0.25, 0.3) is 0 Å². The molecule has 0 radical (unpaired) electrons. The van der Waals surface area contributed by atoms with Gasteiger partial charge in [0.05, 0.1) is 20.3 Å². The SMILES string of the molecule is CCC(Pc1ccccc1C(C)O)c1cc(OC)cc(OC)c1O. The van der Waals surface area contributed by atoms with Gasteiger partial charge in [0.15, 0.2) is 11.5 Å². The van der Waals surface area contributed by atoms with E-state index in [2.05, 4.69) is 6.92 Å². The molecule has 0 amide bonds. The topological polar surface area (TPSA) is 58.9 Å². The lowest BCUT2D eigenvalue weighted by atomic mass is 10.1. The number of aliphatic hydroxyl groups excluding tert-OH is 1. The van der Waals surface area contributed by atoms with Gasteiger partial charge in [0.2, 0.25) is 0 Å². The maximum Gasteiger partial charge on any atom is 0.164 e. The van der Waals surface area contributed by atoms with E-state index in [9.17, 15) is 10.2 Å². The summed E-state index contributed by atoms with van der Waals surface area (Å²) in [6, 6.07) is 11.4. The molecule has 5 heteroatoms. The molecule has 0 saturated heterocycles.